The minimum Gasteiger partial charge on any atom is -0.465 e. The second-order valence-electron chi connectivity index (χ2n) is 9.85. The Hall–Kier alpha value is -3.18. The Labute approximate surface area is 219 Å². The topological polar surface area (TPSA) is 109 Å². The van der Waals surface area contributed by atoms with Gasteiger partial charge in [-0.05, 0) is 57.5 Å². The summed E-state index contributed by atoms with van der Waals surface area (Å²) in [5.41, 5.74) is 1.88. The van der Waals surface area contributed by atoms with Crippen molar-refractivity contribution in [1.29, 1.82) is 0 Å². The number of hydrogen-bond donors (Lipinski definition) is 0. The van der Waals surface area contributed by atoms with Crippen LogP contribution in [0.15, 0.2) is 42.6 Å². The maximum atomic E-state index is 12.9. The summed E-state index contributed by atoms with van der Waals surface area (Å²) in [6, 6.07) is 10.6. The zero-order valence-corrected chi connectivity index (χ0v) is 23.0. The third kappa shape index (κ3) is 7.90. The standard InChI is InChI=1S/C26H36N4O6S/c1-6-37(33,34)30(19-22-10-9-21(17-27-22)24(31)35-5)23-11-7-20(8-12-23)18-28-13-15-29(16-14-28)25(32)36-26(2,3)4/h7-12,17H,6,13-16,18-19H2,1-5H3. The number of hydrogen-bond acceptors (Lipinski definition) is 8. The number of aromatic nitrogens is 1. The Balaban J connectivity index is 1.64. The normalized spacial score (nSPS) is 14.8. The minimum absolute atomic E-state index is 0.0452. The van der Waals surface area contributed by atoms with E-state index in [2.05, 4.69) is 14.6 Å². The van der Waals surface area contributed by atoms with E-state index in [9.17, 15) is 18.0 Å². The molecule has 11 heteroatoms. The van der Waals surface area contributed by atoms with Crippen molar-refractivity contribution in [3.05, 3.63) is 59.4 Å². The number of carbonyl (C=O) groups is 2. The van der Waals surface area contributed by atoms with Gasteiger partial charge in [-0.2, -0.15) is 0 Å². The van der Waals surface area contributed by atoms with Crippen molar-refractivity contribution in [2.45, 2.75) is 46.4 Å². The molecule has 3 rings (SSSR count). The Morgan fingerprint density at radius 2 is 1.68 bits per heavy atom. The van der Waals surface area contributed by atoms with E-state index in [0.717, 1.165) is 18.7 Å². The number of benzene rings is 1. The van der Waals surface area contributed by atoms with E-state index in [1.165, 1.54) is 17.6 Å². The summed E-state index contributed by atoms with van der Waals surface area (Å²) in [4.78, 5) is 32.2. The van der Waals surface area contributed by atoms with Crippen molar-refractivity contribution in [3.8, 4) is 0 Å². The predicted molar refractivity (Wildman–Crippen MR) is 141 cm³/mol. The van der Waals surface area contributed by atoms with Crippen LogP contribution >= 0.6 is 0 Å². The zero-order valence-electron chi connectivity index (χ0n) is 22.1. The smallest absolute Gasteiger partial charge is 0.410 e. The Bertz CT molecular complexity index is 1170. The number of carbonyl (C=O) groups excluding carboxylic acids is 2. The van der Waals surface area contributed by atoms with E-state index in [4.69, 9.17) is 4.74 Å². The maximum absolute atomic E-state index is 12.9. The molecule has 1 saturated heterocycles. The molecule has 2 heterocycles. The molecule has 37 heavy (non-hydrogen) atoms. The SMILES string of the molecule is CCS(=O)(=O)N(Cc1ccc(C(=O)OC)cn1)c1ccc(CN2CCN(C(=O)OC(C)(C)C)CC2)cc1. The molecular weight excluding hydrogens is 496 g/mol. The molecular formula is C26H36N4O6S. The first-order chi connectivity index (χ1) is 17.4. The molecule has 1 fully saturated rings. The van der Waals surface area contributed by atoms with Crippen LogP contribution in [0.1, 0.15) is 49.3 Å². The molecule has 0 radical (unpaired) electrons. The molecule has 1 aliphatic heterocycles. The van der Waals surface area contributed by atoms with Crippen LogP contribution in [0.2, 0.25) is 0 Å². The number of methoxy groups -OCH3 is 1. The third-order valence-electron chi connectivity index (χ3n) is 5.91. The fourth-order valence-electron chi connectivity index (χ4n) is 3.85. The van der Waals surface area contributed by atoms with Crippen molar-refractivity contribution in [2.75, 3.05) is 43.3 Å². The quantitative estimate of drug-likeness (QED) is 0.477. The lowest BCUT2D eigenvalue weighted by Gasteiger charge is -2.35. The Morgan fingerprint density at radius 3 is 2.19 bits per heavy atom. The fourth-order valence-corrected chi connectivity index (χ4v) is 4.93. The van der Waals surface area contributed by atoms with Gasteiger partial charge in [-0.15, -0.1) is 0 Å². The molecule has 0 bridgehead atoms. The first-order valence-electron chi connectivity index (χ1n) is 12.2. The molecule has 10 nitrogen and oxygen atoms in total. The summed E-state index contributed by atoms with van der Waals surface area (Å²) in [5, 5.41) is 0. The summed E-state index contributed by atoms with van der Waals surface area (Å²) in [6.45, 7) is 10.5. The van der Waals surface area contributed by atoms with Crippen LogP contribution in [-0.2, 0) is 32.6 Å². The number of ether oxygens (including phenoxy) is 2. The second-order valence-corrected chi connectivity index (χ2v) is 12.0. The molecule has 1 aliphatic rings. The molecule has 202 valence electrons. The fraction of sp³-hybridized carbons (Fsp3) is 0.500. The van der Waals surface area contributed by atoms with Gasteiger partial charge in [0, 0.05) is 38.9 Å². The monoisotopic (exact) mass is 532 g/mol. The van der Waals surface area contributed by atoms with Gasteiger partial charge in [0.15, 0.2) is 0 Å². The van der Waals surface area contributed by atoms with E-state index >= 15 is 0 Å². The van der Waals surface area contributed by atoms with E-state index in [1.807, 2.05) is 32.9 Å². The van der Waals surface area contributed by atoms with Gasteiger partial charge < -0.3 is 14.4 Å². The van der Waals surface area contributed by atoms with E-state index in [0.29, 0.717) is 36.6 Å². The molecule has 0 N–H and O–H groups in total. The maximum Gasteiger partial charge on any atom is 0.410 e. The van der Waals surface area contributed by atoms with Crippen molar-refractivity contribution in [3.63, 3.8) is 0 Å². The van der Waals surface area contributed by atoms with Crippen LogP contribution in [0.4, 0.5) is 10.5 Å². The highest BCUT2D eigenvalue weighted by atomic mass is 32.2. The van der Waals surface area contributed by atoms with E-state index < -0.39 is 21.6 Å². The van der Waals surface area contributed by atoms with Gasteiger partial charge in [-0.25, -0.2) is 18.0 Å². The van der Waals surface area contributed by atoms with Gasteiger partial charge in [0.1, 0.15) is 5.60 Å². The van der Waals surface area contributed by atoms with Gasteiger partial charge >= 0.3 is 12.1 Å². The van der Waals surface area contributed by atoms with Crippen LogP contribution in [0.25, 0.3) is 0 Å². The van der Waals surface area contributed by atoms with Crippen LogP contribution in [-0.4, -0.2) is 79.9 Å². The molecule has 0 spiro atoms. The molecule has 0 saturated carbocycles. The minimum atomic E-state index is -3.57. The number of nitrogens with zero attached hydrogens (tertiary/aromatic N) is 4. The molecule has 0 atom stereocenters. The highest BCUT2D eigenvalue weighted by Crippen LogP contribution is 2.23. The van der Waals surface area contributed by atoms with Crippen molar-refractivity contribution in [1.82, 2.24) is 14.8 Å². The molecule has 2 aromatic rings. The van der Waals surface area contributed by atoms with Gasteiger partial charge in [0.25, 0.3) is 0 Å². The number of pyridine rings is 1. The average molecular weight is 533 g/mol. The number of esters is 1. The summed E-state index contributed by atoms with van der Waals surface area (Å²) >= 11 is 0. The highest BCUT2D eigenvalue weighted by molar-refractivity contribution is 7.92. The Kier molecular flexibility index (Phi) is 9.14. The van der Waals surface area contributed by atoms with Crippen LogP contribution in [0.3, 0.4) is 0 Å². The summed E-state index contributed by atoms with van der Waals surface area (Å²) in [7, 11) is -2.28. The molecule has 0 unspecified atom stereocenters. The highest BCUT2D eigenvalue weighted by Gasteiger charge is 2.26. The molecule has 1 aromatic heterocycles. The summed E-state index contributed by atoms with van der Waals surface area (Å²) in [5.74, 6) is -0.560. The number of rotatable bonds is 8. The third-order valence-corrected chi connectivity index (χ3v) is 7.65. The van der Waals surface area contributed by atoms with Gasteiger partial charge in [0.05, 0.1) is 36.4 Å². The lowest BCUT2D eigenvalue weighted by molar-refractivity contribution is 0.0139. The number of sulfonamides is 1. The average Bonchev–Trinajstić information content (AvgIpc) is 2.87. The number of anilines is 1. The van der Waals surface area contributed by atoms with E-state index in [-0.39, 0.29) is 18.4 Å². The van der Waals surface area contributed by atoms with Crippen LogP contribution in [0.5, 0.6) is 0 Å². The molecule has 1 amide bonds. The largest absolute Gasteiger partial charge is 0.465 e. The van der Waals surface area contributed by atoms with E-state index in [1.54, 1.807) is 36.1 Å². The van der Waals surface area contributed by atoms with Gasteiger partial charge in [-0.1, -0.05) is 12.1 Å². The van der Waals surface area contributed by atoms with Crippen LogP contribution < -0.4 is 4.31 Å². The van der Waals surface area contributed by atoms with Crippen LogP contribution in [0, 0.1) is 0 Å². The summed E-state index contributed by atoms with van der Waals surface area (Å²) < 4.78 is 37.2. The first kappa shape index (κ1) is 28.4. The predicted octanol–water partition coefficient (Wildman–Crippen LogP) is 3.28. The van der Waals surface area contributed by atoms with Crippen molar-refractivity contribution in [2.24, 2.45) is 0 Å². The molecule has 1 aromatic carbocycles. The number of piperazine rings is 1. The first-order valence-corrected chi connectivity index (χ1v) is 13.9. The lowest BCUT2D eigenvalue weighted by atomic mass is 10.1. The lowest BCUT2D eigenvalue weighted by Crippen LogP contribution is -2.49. The zero-order chi connectivity index (χ0) is 27.2. The van der Waals surface area contributed by atoms with Crippen molar-refractivity contribution >= 4 is 27.8 Å². The number of amides is 1. The van der Waals surface area contributed by atoms with Gasteiger partial charge in [0.2, 0.25) is 10.0 Å². The second kappa shape index (κ2) is 11.9. The van der Waals surface area contributed by atoms with Gasteiger partial charge in [-0.3, -0.25) is 14.2 Å². The summed E-state index contributed by atoms with van der Waals surface area (Å²) in [6.07, 6.45) is 1.09. The Morgan fingerprint density at radius 1 is 1.03 bits per heavy atom. The van der Waals surface area contributed by atoms with Crippen molar-refractivity contribution < 1.29 is 27.5 Å². The molecule has 0 aliphatic carbocycles.